The van der Waals surface area contributed by atoms with E-state index < -0.39 is 0 Å². The van der Waals surface area contributed by atoms with Gasteiger partial charge >= 0.3 is 5.97 Å². The van der Waals surface area contributed by atoms with Gasteiger partial charge in [-0.2, -0.15) is 0 Å². The second kappa shape index (κ2) is 11.3. The lowest BCUT2D eigenvalue weighted by atomic mass is 10.1. The summed E-state index contributed by atoms with van der Waals surface area (Å²) in [5, 5.41) is 7.64. The van der Waals surface area contributed by atoms with Crippen LogP contribution in [-0.4, -0.2) is 38.0 Å². The van der Waals surface area contributed by atoms with E-state index in [0.29, 0.717) is 18.4 Å². The van der Waals surface area contributed by atoms with Gasteiger partial charge in [0.25, 0.3) is 0 Å². The molecule has 34 heavy (non-hydrogen) atoms. The number of halogens is 1. The van der Waals surface area contributed by atoms with Gasteiger partial charge in [-0.25, -0.2) is 4.99 Å². The molecule has 4 rings (SSSR count). The van der Waals surface area contributed by atoms with Crippen LogP contribution in [0.25, 0.3) is 0 Å². The molecule has 1 aliphatic rings. The first-order valence-corrected chi connectivity index (χ1v) is 10.8. The molecule has 3 aromatic rings. The van der Waals surface area contributed by atoms with E-state index in [4.69, 9.17) is 20.9 Å². The van der Waals surface area contributed by atoms with Crippen LogP contribution in [0.15, 0.2) is 83.9 Å². The summed E-state index contributed by atoms with van der Waals surface area (Å²) >= 11 is 0. The Morgan fingerprint density at radius 1 is 0.941 bits per heavy atom. The molecule has 7 nitrogen and oxygen atoms in total. The highest BCUT2D eigenvalue weighted by atomic mass is 35.5. The largest absolute Gasteiger partial charge is 0.469 e. The summed E-state index contributed by atoms with van der Waals surface area (Å²) in [4.78, 5) is 20.8. The number of para-hydroxylation sites is 1. The Balaban J connectivity index is 0.00000324. The van der Waals surface area contributed by atoms with Crippen molar-refractivity contribution in [3.05, 3.63) is 90.0 Å². The van der Waals surface area contributed by atoms with Gasteiger partial charge in [-0.3, -0.25) is 10.2 Å². The number of carbonyl (C=O) groups excluding carboxylic acids is 1. The number of nitrogens with zero attached hydrogens (tertiary/aromatic N) is 3. The van der Waals surface area contributed by atoms with Crippen LogP contribution >= 0.6 is 12.4 Å². The third-order valence-electron chi connectivity index (χ3n) is 5.60. The quantitative estimate of drug-likeness (QED) is 0.296. The van der Waals surface area contributed by atoms with Crippen molar-refractivity contribution in [3.8, 4) is 0 Å². The summed E-state index contributed by atoms with van der Waals surface area (Å²) in [6.07, 6.45) is 1.01. The van der Waals surface area contributed by atoms with Gasteiger partial charge in [0.15, 0.2) is 0 Å². The Labute approximate surface area is 205 Å². The minimum absolute atomic E-state index is 0. The zero-order chi connectivity index (χ0) is 23.2. The fraction of sp³-hybridized carbons (Fsp3) is 0.192. The van der Waals surface area contributed by atoms with E-state index in [9.17, 15) is 4.79 Å². The van der Waals surface area contributed by atoms with E-state index in [0.717, 1.165) is 41.7 Å². The minimum Gasteiger partial charge on any atom is -0.469 e. The van der Waals surface area contributed by atoms with Crippen molar-refractivity contribution in [1.29, 1.82) is 5.41 Å². The Morgan fingerprint density at radius 2 is 1.50 bits per heavy atom. The van der Waals surface area contributed by atoms with Crippen molar-refractivity contribution in [2.24, 2.45) is 10.7 Å². The Kier molecular flexibility index (Phi) is 8.27. The molecule has 0 aromatic heterocycles. The van der Waals surface area contributed by atoms with Crippen molar-refractivity contribution < 1.29 is 9.53 Å². The monoisotopic (exact) mass is 477 g/mol. The predicted octanol–water partition coefficient (Wildman–Crippen LogP) is 4.51. The van der Waals surface area contributed by atoms with E-state index >= 15 is 0 Å². The maximum absolute atomic E-state index is 11.4. The lowest BCUT2D eigenvalue weighted by molar-refractivity contribution is -0.140. The van der Waals surface area contributed by atoms with Gasteiger partial charge in [0.1, 0.15) is 5.84 Å². The molecule has 1 fully saturated rings. The molecule has 3 aromatic carbocycles. The fourth-order valence-corrected chi connectivity index (χ4v) is 3.79. The number of hydrogen-bond donors (Lipinski definition) is 2. The van der Waals surface area contributed by atoms with E-state index in [-0.39, 0.29) is 24.2 Å². The van der Waals surface area contributed by atoms with Gasteiger partial charge in [-0.1, -0.05) is 30.3 Å². The molecule has 3 N–H and O–H groups in total. The topological polar surface area (TPSA) is 95.0 Å². The number of amidine groups is 1. The number of methoxy groups -OCH3 is 1. The van der Waals surface area contributed by atoms with Crippen LogP contribution < -0.4 is 15.5 Å². The summed E-state index contributed by atoms with van der Waals surface area (Å²) in [6.45, 7) is 1.55. The van der Waals surface area contributed by atoms with E-state index in [1.54, 1.807) is 0 Å². The molecule has 0 aliphatic carbocycles. The fourth-order valence-electron chi connectivity index (χ4n) is 3.79. The maximum Gasteiger partial charge on any atom is 0.305 e. The highest BCUT2D eigenvalue weighted by molar-refractivity contribution is 6.10. The molecule has 0 atom stereocenters. The molecule has 1 heterocycles. The first-order chi connectivity index (χ1) is 16.0. The third kappa shape index (κ3) is 5.74. The van der Waals surface area contributed by atoms with E-state index in [1.165, 1.54) is 7.11 Å². The second-order valence-corrected chi connectivity index (χ2v) is 7.75. The molecule has 0 radical (unpaired) electrons. The third-order valence-corrected chi connectivity index (χ3v) is 5.60. The van der Waals surface area contributed by atoms with Crippen molar-refractivity contribution in [2.45, 2.75) is 12.8 Å². The number of nitrogens with two attached hydrogens (primary N) is 1. The molecular weight excluding hydrogens is 450 g/mol. The molecule has 176 valence electrons. The highest BCUT2D eigenvalue weighted by Gasteiger charge is 2.29. The number of aliphatic imine (C=N–C) groups is 1. The summed E-state index contributed by atoms with van der Waals surface area (Å²) < 4.78 is 4.73. The highest BCUT2D eigenvalue weighted by Crippen LogP contribution is 2.28. The number of ether oxygens (including phenoxy) is 1. The molecule has 0 unspecified atom stereocenters. The summed E-state index contributed by atoms with van der Waals surface area (Å²) in [7, 11) is 1.41. The smallest absolute Gasteiger partial charge is 0.305 e. The molecule has 0 spiro atoms. The van der Waals surface area contributed by atoms with Crippen LogP contribution in [0.4, 0.5) is 17.1 Å². The first kappa shape index (κ1) is 24.8. The van der Waals surface area contributed by atoms with Crippen LogP contribution in [0, 0.1) is 5.41 Å². The average molecular weight is 478 g/mol. The van der Waals surface area contributed by atoms with Crippen LogP contribution in [0.2, 0.25) is 0 Å². The number of nitrogens with one attached hydrogen (secondary N) is 1. The number of anilines is 2. The van der Waals surface area contributed by atoms with Crippen molar-refractivity contribution >= 4 is 47.2 Å². The van der Waals surface area contributed by atoms with Gasteiger partial charge in [0, 0.05) is 36.4 Å². The van der Waals surface area contributed by atoms with Crippen molar-refractivity contribution in [1.82, 2.24) is 0 Å². The second-order valence-electron chi connectivity index (χ2n) is 7.75. The number of nitrogen functional groups attached to an aromatic ring is 1. The lowest BCUT2D eigenvalue weighted by Gasteiger charge is -2.24. The lowest BCUT2D eigenvalue weighted by Crippen LogP contribution is -2.33. The Hall–Kier alpha value is -3.84. The number of carbonyl (C=O) groups is 1. The normalized spacial score (nSPS) is 14.1. The van der Waals surface area contributed by atoms with Crippen molar-refractivity contribution in [2.75, 3.05) is 30.0 Å². The van der Waals surface area contributed by atoms with Gasteiger partial charge < -0.3 is 20.3 Å². The van der Waals surface area contributed by atoms with Crippen LogP contribution in [0.3, 0.4) is 0 Å². The molecule has 0 amide bonds. The zero-order valence-corrected chi connectivity index (χ0v) is 19.8. The van der Waals surface area contributed by atoms with Crippen LogP contribution in [0.5, 0.6) is 0 Å². The number of esters is 1. The Bertz CT molecular complexity index is 1150. The van der Waals surface area contributed by atoms with E-state index in [1.807, 2.05) is 66.7 Å². The number of hydrogen-bond acceptors (Lipinski definition) is 4. The van der Waals surface area contributed by atoms with Gasteiger partial charge in [0.05, 0.1) is 12.8 Å². The molecular formula is C26H28ClN5O2. The zero-order valence-electron chi connectivity index (χ0n) is 19.0. The number of benzene rings is 3. The maximum atomic E-state index is 11.4. The summed E-state index contributed by atoms with van der Waals surface area (Å²) in [5.41, 5.74) is 10.3. The first-order valence-electron chi connectivity index (χ1n) is 10.8. The van der Waals surface area contributed by atoms with Gasteiger partial charge in [-0.15, -0.1) is 12.4 Å². The van der Waals surface area contributed by atoms with Crippen molar-refractivity contribution in [3.63, 3.8) is 0 Å². The van der Waals surface area contributed by atoms with Gasteiger partial charge in [-0.05, 0) is 60.5 Å². The van der Waals surface area contributed by atoms with Crippen LogP contribution in [-0.2, 0) is 16.0 Å². The van der Waals surface area contributed by atoms with Crippen LogP contribution in [0.1, 0.15) is 17.5 Å². The van der Waals surface area contributed by atoms with Gasteiger partial charge in [0.2, 0.25) is 5.96 Å². The molecule has 8 heteroatoms. The average Bonchev–Trinajstić information content (AvgIpc) is 3.26. The minimum atomic E-state index is -0.206. The summed E-state index contributed by atoms with van der Waals surface area (Å²) in [5.74, 6) is 0.677. The van der Waals surface area contributed by atoms with E-state index in [2.05, 4.69) is 21.9 Å². The molecule has 1 aliphatic heterocycles. The molecule has 0 saturated carbocycles. The SMILES string of the molecule is COC(=O)CCc1ccc(N2CCN(c3ccc(C(=N)N)cc3)/C2=N/c2ccccc2)cc1.Cl. The number of rotatable bonds is 7. The predicted molar refractivity (Wildman–Crippen MR) is 140 cm³/mol. The Morgan fingerprint density at radius 3 is 2.03 bits per heavy atom. The summed E-state index contributed by atoms with van der Waals surface area (Å²) in [6, 6.07) is 25.8. The standard InChI is InChI=1S/C26H27N5O2.ClH/c1-33-24(32)16-9-19-7-12-22(13-8-19)30-17-18-31(23-14-10-20(11-15-23)25(27)28)26(30)29-21-5-3-2-4-6-21;/h2-8,10-15H,9,16-18H2,1H3,(H3,27,28);1H/b29-26+;. The molecule has 0 bridgehead atoms. The molecule has 1 saturated heterocycles. The number of aryl methyl sites for hydroxylation is 1. The number of guanidine groups is 1.